The molecule has 0 heterocycles. The van der Waals surface area contributed by atoms with E-state index in [0.29, 0.717) is 13.0 Å². The Balaban J connectivity index is 2.17. The van der Waals surface area contributed by atoms with E-state index in [-0.39, 0.29) is 17.9 Å². The molecule has 1 aromatic carbocycles. The predicted molar refractivity (Wildman–Crippen MR) is 89.1 cm³/mol. The van der Waals surface area contributed by atoms with Crippen LogP contribution in [-0.2, 0) is 16.1 Å². The Kier molecular flexibility index (Phi) is 7.59. The van der Waals surface area contributed by atoms with Gasteiger partial charge in [-0.2, -0.15) is 0 Å². The summed E-state index contributed by atoms with van der Waals surface area (Å²) in [6.07, 6.45) is 1.66. The van der Waals surface area contributed by atoms with Crippen molar-refractivity contribution in [3.8, 4) is 0 Å². The van der Waals surface area contributed by atoms with Crippen molar-refractivity contribution in [2.45, 2.75) is 46.6 Å². The Morgan fingerprint density at radius 3 is 2.39 bits per heavy atom. The number of benzene rings is 1. The first kappa shape index (κ1) is 19.0. The number of rotatable bonds is 8. The topological polar surface area (TPSA) is 75.6 Å². The fourth-order valence-corrected chi connectivity index (χ4v) is 2.36. The van der Waals surface area contributed by atoms with Crippen molar-refractivity contribution in [1.29, 1.82) is 0 Å². The molecule has 2 N–H and O–H groups in total. The standard InChI is InChI=1S/C18H27NO4/c1-18(2,3)15(16(20)21)11-7-8-12-19-17(22)23-13-14-9-5-4-6-10-14/h4-6,9-10,15H,7-8,11-13H2,1-3H3,(H,19,22)(H,20,21)/t15-/m1/s1. The zero-order valence-corrected chi connectivity index (χ0v) is 14.2. The van der Waals surface area contributed by atoms with E-state index in [4.69, 9.17) is 4.74 Å². The largest absolute Gasteiger partial charge is 0.481 e. The number of amides is 1. The first-order chi connectivity index (χ1) is 10.8. The molecule has 23 heavy (non-hydrogen) atoms. The fraction of sp³-hybridized carbons (Fsp3) is 0.556. The smallest absolute Gasteiger partial charge is 0.407 e. The minimum absolute atomic E-state index is 0.248. The van der Waals surface area contributed by atoms with Crippen LogP contribution in [0.4, 0.5) is 4.79 Å². The maximum atomic E-state index is 11.6. The van der Waals surface area contributed by atoms with Gasteiger partial charge < -0.3 is 15.2 Å². The molecular weight excluding hydrogens is 294 g/mol. The number of alkyl carbamates (subject to hydrolysis) is 1. The van der Waals surface area contributed by atoms with E-state index >= 15 is 0 Å². The van der Waals surface area contributed by atoms with Crippen molar-refractivity contribution in [2.75, 3.05) is 6.54 Å². The maximum absolute atomic E-state index is 11.6. The van der Waals surface area contributed by atoms with Crippen molar-refractivity contribution >= 4 is 12.1 Å². The van der Waals surface area contributed by atoms with E-state index < -0.39 is 12.1 Å². The average molecular weight is 321 g/mol. The number of unbranched alkanes of at least 4 members (excludes halogenated alkanes) is 1. The Hall–Kier alpha value is -2.04. The van der Waals surface area contributed by atoms with E-state index in [1.165, 1.54) is 0 Å². The van der Waals surface area contributed by atoms with Crippen LogP contribution in [0.5, 0.6) is 0 Å². The van der Waals surface area contributed by atoms with Crippen molar-refractivity contribution in [3.63, 3.8) is 0 Å². The van der Waals surface area contributed by atoms with E-state index in [9.17, 15) is 14.7 Å². The molecular formula is C18H27NO4. The highest BCUT2D eigenvalue weighted by molar-refractivity contribution is 5.70. The molecule has 128 valence electrons. The van der Waals surface area contributed by atoms with Crippen molar-refractivity contribution in [1.82, 2.24) is 5.32 Å². The summed E-state index contributed by atoms with van der Waals surface area (Å²) in [5, 5.41) is 11.9. The minimum atomic E-state index is -0.757. The Morgan fingerprint density at radius 1 is 1.17 bits per heavy atom. The van der Waals surface area contributed by atoms with Gasteiger partial charge in [-0.15, -0.1) is 0 Å². The summed E-state index contributed by atoms with van der Waals surface area (Å²) in [7, 11) is 0. The van der Waals surface area contributed by atoms with Crippen LogP contribution in [0, 0.1) is 11.3 Å². The first-order valence-electron chi connectivity index (χ1n) is 7.98. The number of hydrogen-bond donors (Lipinski definition) is 2. The second-order valence-electron chi connectivity index (χ2n) is 6.74. The van der Waals surface area contributed by atoms with Gasteiger partial charge in [0.05, 0.1) is 5.92 Å². The van der Waals surface area contributed by atoms with Crippen LogP contribution in [0.15, 0.2) is 30.3 Å². The summed E-state index contributed by atoms with van der Waals surface area (Å²) in [5.41, 5.74) is 0.686. The third kappa shape index (κ3) is 7.68. The zero-order chi connectivity index (χ0) is 17.3. The van der Waals surface area contributed by atoms with E-state index in [0.717, 1.165) is 18.4 Å². The SMILES string of the molecule is CC(C)(C)[C@H](CCCCNC(=O)OCc1ccccc1)C(=O)O. The quantitative estimate of drug-likeness (QED) is 0.714. The van der Waals surface area contributed by atoms with Gasteiger partial charge >= 0.3 is 12.1 Å². The normalized spacial score (nSPS) is 12.5. The highest BCUT2D eigenvalue weighted by Gasteiger charge is 2.30. The fourth-order valence-electron chi connectivity index (χ4n) is 2.36. The number of hydrogen-bond acceptors (Lipinski definition) is 3. The molecule has 0 aliphatic rings. The van der Waals surface area contributed by atoms with Crippen LogP contribution in [0.3, 0.4) is 0 Å². The number of carbonyl (C=O) groups excluding carboxylic acids is 1. The number of carboxylic acids is 1. The molecule has 0 aromatic heterocycles. The van der Waals surface area contributed by atoms with E-state index in [1.807, 2.05) is 51.1 Å². The van der Waals surface area contributed by atoms with Gasteiger partial charge in [-0.1, -0.05) is 57.5 Å². The minimum Gasteiger partial charge on any atom is -0.481 e. The molecule has 0 aliphatic carbocycles. The summed E-state index contributed by atoms with van der Waals surface area (Å²) in [6, 6.07) is 9.48. The molecule has 0 unspecified atom stereocenters. The van der Waals surface area contributed by atoms with Gasteiger partial charge in [0.15, 0.2) is 0 Å². The number of carboxylic acid groups (broad SMARTS) is 1. The predicted octanol–water partition coefficient (Wildman–Crippen LogP) is 3.83. The van der Waals surface area contributed by atoms with Crippen molar-refractivity contribution < 1.29 is 19.4 Å². The number of aliphatic carboxylic acids is 1. The summed E-state index contributed by atoms with van der Waals surface area (Å²) in [6.45, 7) is 6.54. The van der Waals surface area contributed by atoms with Gasteiger partial charge in [-0.05, 0) is 23.8 Å². The highest BCUT2D eigenvalue weighted by atomic mass is 16.5. The van der Waals surface area contributed by atoms with Gasteiger partial charge in [-0.3, -0.25) is 4.79 Å². The molecule has 0 fully saturated rings. The van der Waals surface area contributed by atoms with Crippen LogP contribution in [0.2, 0.25) is 0 Å². The molecule has 5 heteroatoms. The molecule has 0 bridgehead atoms. The zero-order valence-electron chi connectivity index (χ0n) is 14.2. The number of nitrogens with one attached hydrogen (secondary N) is 1. The summed E-state index contributed by atoms with van der Waals surface area (Å²) in [5.74, 6) is -1.12. The molecule has 1 atom stereocenters. The van der Waals surface area contributed by atoms with E-state index in [1.54, 1.807) is 0 Å². The third-order valence-electron chi connectivity index (χ3n) is 3.75. The molecule has 5 nitrogen and oxygen atoms in total. The Bertz CT molecular complexity index is 493. The van der Waals surface area contributed by atoms with Crippen molar-refractivity contribution in [2.24, 2.45) is 11.3 Å². The summed E-state index contributed by atoms with van der Waals surface area (Å²) < 4.78 is 5.10. The molecule has 1 rings (SSSR count). The first-order valence-corrected chi connectivity index (χ1v) is 7.98. The van der Waals surface area contributed by atoms with Crippen LogP contribution >= 0.6 is 0 Å². The molecule has 0 aliphatic heterocycles. The second kappa shape index (κ2) is 9.18. The second-order valence-corrected chi connectivity index (χ2v) is 6.74. The van der Waals surface area contributed by atoms with Crippen LogP contribution in [-0.4, -0.2) is 23.7 Å². The Morgan fingerprint density at radius 2 is 1.83 bits per heavy atom. The molecule has 0 saturated carbocycles. The van der Waals surface area contributed by atoms with Gasteiger partial charge in [0.2, 0.25) is 0 Å². The summed E-state index contributed by atoms with van der Waals surface area (Å²) >= 11 is 0. The lowest BCUT2D eigenvalue weighted by Crippen LogP contribution is -2.29. The molecule has 0 radical (unpaired) electrons. The van der Waals surface area contributed by atoms with Gasteiger partial charge in [-0.25, -0.2) is 4.79 Å². The molecule has 1 amide bonds. The molecule has 1 aromatic rings. The van der Waals surface area contributed by atoms with Gasteiger partial charge in [0.1, 0.15) is 6.61 Å². The number of ether oxygens (including phenoxy) is 1. The Labute approximate surface area is 138 Å². The summed E-state index contributed by atoms with van der Waals surface area (Å²) in [4.78, 5) is 22.8. The lowest BCUT2D eigenvalue weighted by Gasteiger charge is -2.26. The van der Waals surface area contributed by atoms with Crippen LogP contribution in [0.25, 0.3) is 0 Å². The van der Waals surface area contributed by atoms with Crippen molar-refractivity contribution in [3.05, 3.63) is 35.9 Å². The molecule has 0 saturated heterocycles. The monoisotopic (exact) mass is 321 g/mol. The average Bonchev–Trinajstić information content (AvgIpc) is 2.48. The third-order valence-corrected chi connectivity index (χ3v) is 3.75. The maximum Gasteiger partial charge on any atom is 0.407 e. The van der Waals surface area contributed by atoms with Crippen LogP contribution < -0.4 is 5.32 Å². The van der Waals surface area contributed by atoms with Gasteiger partial charge in [0.25, 0.3) is 0 Å². The lowest BCUT2D eigenvalue weighted by molar-refractivity contribution is -0.145. The van der Waals surface area contributed by atoms with Crippen LogP contribution in [0.1, 0.15) is 45.6 Å². The highest BCUT2D eigenvalue weighted by Crippen LogP contribution is 2.30. The number of carbonyl (C=O) groups is 2. The lowest BCUT2D eigenvalue weighted by atomic mass is 9.78. The van der Waals surface area contributed by atoms with E-state index in [2.05, 4.69) is 5.32 Å². The van der Waals surface area contributed by atoms with Gasteiger partial charge in [0, 0.05) is 6.54 Å². The molecule has 0 spiro atoms.